The van der Waals surface area contributed by atoms with Crippen LogP contribution in [0.1, 0.15) is 12.8 Å². The molecule has 2 aliphatic rings. The van der Waals surface area contributed by atoms with Gasteiger partial charge >= 0.3 is 5.97 Å². The minimum absolute atomic E-state index is 0.192. The van der Waals surface area contributed by atoms with Gasteiger partial charge in [0.15, 0.2) is 6.29 Å². The monoisotopic (exact) mass is 252 g/mol. The summed E-state index contributed by atoms with van der Waals surface area (Å²) in [7, 11) is 0. The van der Waals surface area contributed by atoms with Crippen molar-refractivity contribution in [2.45, 2.75) is 19.1 Å². The molecule has 7 heteroatoms. The number of hydroxylamine groups is 1. The predicted molar refractivity (Wildman–Crippen MR) is 59.3 cm³/mol. The van der Waals surface area contributed by atoms with Gasteiger partial charge in [0.25, 0.3) is 0 Å². The second kappa shape index (κ2) is 5.54. The maximum atomic E-state index is 11.8. The quantitative estimate of drug-likeness (QED) is 0.412. The summed E-state index contributed by atoms with van der Waals surface area (Å²) in [6, 6.07) is 0. The summed E-state index contributed by atoms with van der Waals surface area (Å²) in [5, 5.41) is 0. The molecule has 18 heavy (non-hydrogen) atoms. The highest BCUT2D eigenvalue weighted by atomic mass is 16.8. The lowest BCUT2D eigenvalue weighted by Crippen LogP contribution is -2.33. The number of esters is 1. The smallest absolute Gasteiger partial charge is 0.377 e. The molecule has 0 radical (unpaired) electrons. The van der Waals surface area contributed by atoms with E-state index in [1.54, 1.807) is 0 Å². The van der Waals surface area contributed by atoms with Crippen molar-refractivity contribution in [3.05, 3.63) is 12.3 Å². The lowest BCUT2D eigenvalue weighted by Gasteiger charge is -2.18. The third-order valence-electron chi connectivity index (χ3n) is 2.68. The van der Waals surface area contributed by atoms with Crippen molar-refractivity contribution in [1.82, 2.24) is 5.48 Å². The van der Waals surface area contributed by atoms with E-state index in [2.05, 4.69) is 10.5 Å². The molecule has 0 spiro atoms. The number of Topliss-reactive ketones (excluding diaryl/α,β-unsaturated/α-hetero) is 1. The van der Waals surface area contributed by atoms with Crippen molar-refractivity contribution >= 4 is 23.8 Å². The van der Waals surface area contributed by atoms with Crippen LogP contribution in [0, 0.1) is 5.92 Å². The maximum Gasteiger partial charge on any atom is 0.377 e. The zero-order valence-corrected chi connectivity index (χ0v) is 9.50. The van der Waals surface area contributed by atoms with Gasteiger partial charge in [-0.1, -0.05) is 0 Å². The van der Waals surface area contributed by atoms with Crippen LogP contribution in [0.15, 0.2) is 17.3 Å². The van der Waals surface area contributed by atoms with Crippen LogP contribution in [0.4, 0.5) is 0 Å². The van der Waals surface area contributed by atoms with Crippen LogP contribution in [0.25, 0.3) is 0 Å². The zero-order valence-electron chi connectivity index (χ0n) is 9.50. The van der Waals surface area contributed by atoms with E-state index in [9.17, 15) is 14.4 Å². The largest absolute Gasteiger partial charge is 0.424 e. The first-order valence-corrected chi connectivity index (χ1v) is 5.52. The molecule has 0 bridgehead atoms. The molecule has 0 saturated carbocycles. The van der Waals surface area contributed by atoms with E-state index in [1.807, 2.05) is 0 Å². The highest BCUT2D eigenvalue weighted by Crippen LogP contribution is 2.17. The molecule has 0 aromatic carbocycles. The van der Waals surface area contributed by atoms with Crippen LogP contribution in [-0.2, 0) is 24.0 Å². The molecule has 0 aromatic rings. The lowest BCUT2D eigenvalue weighted by atomic mass is 9.92. The number of aliphatic imine (C=N–C) groups is 1. The molecular formula is C11H12N2O5. The predicted octanol–water partition coefficient (Wildman–Crippen LogP) is -0.477. The summed E-state index contributed by atoms with van der Waals surface area (Å²) in [5.74, 6) is -2.13. The van der Waals surface area contributed by atoms with Crippen molar-refractivity contribution in [2.75, 3.05) is 6.54 Å². The fraction of sp³-hybridized carbons (Fsp3) is 0.455. The van der Waals surface area contributed by atoms with Crippen molar-refractivity contribution < 1.29 is 24.0 Å². The summed E-state index contributed by atoms with van der Waals surface area (Å²) in [6.07, 6.45) is 3.29. The highest BCUT2D eigenvalue weighted by Gasteiger charge is 2.31. The Morgan fingerprint density at radius 3 is 3.06 bits per heavy atom. The van der Waals surface area contributed by atoms with Gasteiger partial charge < -0.3 is 4.74 Å². The molecule has 2 rings (SSSR count). The van der Waals surface area contributed by atoms with E-state index in [0.717, 1.165) is 0 Å². The van der Waals surface area contributed by atoms with Gasteiger partial charge in [-0.25, -0.2) is 9.63 Å². The van der Waals surface area contributed by atoms with Crippen LogP contribution in [0.2, 0.25) is 0 Å². The average molecular weight is 252 g/mol. The first-order valence-electron chi connectivity index (χ1n) is 5.52. The SMILES string of the molecule is O=CC1=NCCC(C(=O)C(=O)OC2C=CNO2)C1. The van der Waals surface area contributed by atoms with Gasteiger partial charge in [0.2, 0.25) is 12.1 Å². The number of hydrogen-bond acceptors (Lipinski definition) is 7. The molecule has 0 saturated heterocycles. The van der Waals surface area contributed by atoms with Crippen molar-refractivity contribution in [3.63, 3.8) is 0 Å². The molecule has 0 amide bonds. The molecule has 1 N–H and O–H groups in total. The number of nitrogens with one attached hydrogen (secondary N) is 1. The van der Waals surface area contributed by atoms with Crippen LogP contribution in [0.5, 0.6) is 0 Å². The third kappa shape index (κ3) is 2.80. The Balaban J connectivity index is 1.90. The van der Waals surface area contributed by atoms with Gasteiger partial charge in [0.1, 0.15) is 0 Å². The minimum atomic E-state index is -0.953. The van der Waals surface area contributed by atoms with Crippen LogP contribution < -0.4 is 5.48 Å². The standard InChI is InChI=1S/C11H12N2O5/c14-6-8-5-7(1-3-12-8)10(15)11(16)17-9-2-4-13-18-9/h2,4,6-7,9,13H,1,3,5H2. The Labute approximate surface area is 103 Å². The summed E-state index contributed by atoms with van der Waals surface area (Å²) in [5.41, 5.74) is 2.69. The third-order valence-corrected chi connectivity index (χ3v) is 2.68. The van der Waals surface area contributed by atoms with Gasteiger partial charge in [-0.3, -0.25) is 20.1 Å². The highest BCUT2D eigenvalue weighted by molar-refractivity contribution is 6.36. The number of carbonyl (C=O) groups is 3. The van der Waals surface area contributed by atoms with Gasteiger partial charge in [-0.05, 0) is 6.42 Å². The first kappa shape index (κ1) is 12.4. The van der Waals surface area contributed by atoms with Crippen LogP contribution >= 0.6 is 0 Å². The minimum Gasteiger partial charge on any atom is -0.424 e. The average Bonchev–Trinajstić information content (AvgIpc) is 2.90. The number of aldehydes is 1. The van der Waals surface area contributed by atoms with E-state index in [-0.39, 0.29) is 6.42 Å². The normalized spacial score (nSPS) is 26.1. The Hall–Kier alpha value is -2.02. The van der Waals surface area contributed by atoms with Gasteiger partial charge in [-0.2, -0.15) is 0 Å². The summed E-state index contributed by atoms with van der Waals surface area (Å²) in [6.45, 7) is 0.374. The number of nitrogens with zero attached hydrogens (tertiary/aromatic N) is 1. The second-order valence-corrected chi connectivity index (χ2v) is 3.91. The van der Waals surface area contributed by atoms with E-state index in [0.29, 0.717) is 25.0 Å². The van der Waals surface area contributed by atoms with Crippen molar-refractivity contribution in [2.24, 2.45) is 10.9 Å². The van der Waals surface area contributed by atoms with E-state index < -0.39 is 24.0 Å². The van der Waals surface area contributed by atoms with E-state index in [1.165, 1.54) is 12.3 Å². The Bertz CT molecular complexity index is 429. The Morgan fingerprint density at radius 2 is 2.39 bits per heavy atom. The van der Waals surface area contributed by atoms with Crippen LogP contribution in [-0.4, -0.2) is 36.6 Å². The number of hydrogen-bond donors (Lipinski definition) is 1. The lowest BCUT2D eigenvalue weighted by molar-refractivity contribution is -0.177. The fourth-order valence-electron chi connectivity index (χ4n) is 1.75. The second-order valence-electron chi connectivity index (χ2n) is 3.91. The molecule has 7 nitrogen and oxygen atoms in total. The van der Waals surface area contributed by atoms with Gasteiger partial charge in [0.05, 0.1) is 5.71 Å². The van der Waals surface area contributed by atoms with Crippen molar-refractivity contribution in [3.8, 4) is 0 Å². The Kier molecular flexibility index (Phi) is 3.83. The molecule has 2 heterocycles. The molecule has 2 unspecified atom stereocenters. The van der Waals surface area contributed by atoms with E-state index in [4.69, 9.17) is 9.57 Å². The number of carbonyl (C=O) groups excluding carboxylic acids is 3. The summed E-state index contributed by atoms with van der Waals surface area (Å²) in [4.78, 5) is 42.6. The molecule has 2 aliphatic heterocycles. The zero-order chi connectivity index (χ0) is 13.0. The molecule has 96 valence electrons. The molecule has 0 fully saturated rings. The number of rotatable bonds is 4. The first-order chi connectivity index (χ1) is 8.70. The summed E-state index contributed by atoms with van der Waals surface area (Å²) >= 11 is 0. The van der Waals surface area contributed by atoms with Crippen molar-refractivity contribution in [1.29, 1.82) is 0 Å². The number of ketones is 1. The topological polar surface area (TPSA) is 94.1 Å². The van der Waals surface area contributed by atoms with Gasteiger partial charge in [-0.15, -0.1) is 0 Å². The fourth-order valence-corrected chi connectivity index (χ4v) is 1.75. The molecular weight excluding hydrogens is 240 g/mol. The van der Waals surface area contributed by atoms with Crippen LogP contribution in [0.3, 0.4) is 0 Å². The molecule has 0 aliphatic carbocycles. The van der Waals surface area contributed by atoms with Gasteiger partial charge in [0, 0.05) is 31.2 Å². The molecule has 0 aromatic heterocycles. The Morgan fingerprint density at radius 1 is 1.56 bits per heavy atom. The summed E-state index contributed by atoms with van der Waals surface area (Å²) < 4.78 is 4.81. The molecule has 2 atom stereocenters. The number of ether oxygens (including phenoxy) is 1. The van der Waals surface area contributed by atoms with E-state index >= 15 is 0 Å². The maximum absolute atomic E-state index is 11.8.